The zero-order valence-corrected chi connectivity index (χ0v) is 9.92. The Labute approximate surface area is 96.9 Å². The number of para-hydroxylation sites is 1. The molecule has 1 aliphatic carbocycles. The molecule has 0 aliphatic heterocycles. The van der Waals surface area contributed by atoms with E-state index in [0.717, 1.165) is 28.3 Å². The summed E-state index contributed by atoms with van der Waals surface area (Å²) in [6, 6.07) is 6.06. The van der Waals surface area contributed by atoms with E-state index in [1.165, 1.54) is 24.2 Å². The number of fused-ring (bicyclic) bond motifs is 2. The molecule has 0 saturated heterocycles. The summed E-state index contributed by atoms with van der Waals surface area (Å²) in [5.41, 5.74) is 4.40. The Morgan fingerprint density at radius 2 is 1.73 bits per heavy atom. The smallest absolute Gasteiger partial charge is 0.103 e. The molecule has 0 fully saturated rings. The number of hydrogen-bond acceptors (Lipinski definition) is 2. The summed E-state index contributed by atoms with van der Waals surface area (Å²) in [5, 5.41) is 0. The minimum absolute atomic E-state index is 0.998. The second-order valence-electron chi connectivity index (χ2n) is 3.93. The van der Waals surface area contributed by atoms with Crippen molar-refractivity contribution in [1.82, 2.24) is 9.97 Å². The van der Waals surface area contributed by atoms with Crippen LogP contribution in [0.15, 0.2) is 22.7 Å². The van der Waals surface area contributed by atoms with Crippen LogP contribution in [0.5, 0.6) is 0 Å². The first kappa shape index (κ1) is 9.28. The largest absolute Gasteiger partial charge is 0.249 e. The lowest BCUT2D eigenvalue weighted by molar-refractivity contribution is 0.655. The lowest BCUT2D eigenvalue weighted by Gasteiger charge is -2.14. The summed E-state index contributed by atoms with van der Waals surface area (Å²) >= 11 is 3.52. The number of hydrogen-bond donors (Lipinski definition) is 0. The van der Waals surface area contributed by atoms with Gasteiger partial charge >= 0.3 is 0 Å². The van der Waals surface area contributed by atoms with Gasteiger partial charge in [0.25, 0.3) is 0 Å². The maximum atomic E-state index is 4.71. The van der Waals surface area contributed by atoms with E-state index < -0.39 is 0 Å². The molecule has 15 heavy (non-hydrogen) atoms. The van der Waals surface area contributed by atoms with Gasteiger partial charge in [-0.15, -0.1) is 0 Å². The third kappa shape index (κ3) is 1.55. The van der Waals surface area contributed by atoms with Gasteiger partial charge in [0.15, 0.2) is 0 Å². The van der Waals surface area contributed by atoms with Gasteiger partial charge in [-0.2, -0.15) is 0 Å². The molecule has 76 valence electrons. The minimum atomic E-state index is 0.998. The fourth-order valence-electron chi connectivity index (χ4n) is 2.10. The SMILES string of the molecule is Brc1cccc2nc3c(nc12)CCCC3. The van der Waals surface area contributed by atoms with Crippen molar-refractivity contribution in [3.63, 3.8) is 0 Å². The molecule has 3 heteroatoms. The monoisotopic (exact) mass is 262 g/mol. The predicted octanol–water partition coefficient (Wildman–Crippen LogP) is 3.27. The van der Waals surface area contributed by atoms with E-state index in [2.05, 4.69) is 20.9 Å². The van der Waals surface area contributed by atoms with Crippen molar-refractivity contribution in [2.45, 2.75) is 25.7 Å². The van der Waals surface area contributed by atoms with Gasteiger partial charge in [-0.05, 0) is 53.7 Å². The molecule has 0 N–H and O–H groups in total. The normalized spacial score (nSPS) is 15.3. The molecule has 3 rings (SSSR count). The van der Waals surface area contributed by atoms with Gasteiger partial charge in [0, 0.05) is 4.47 Å². The van der Waals surface area contributed by atoms with E-state index in [1.807, 2.05) is 18.2 Å². The molecule has 0 unspecified atom stereocenters. The zero-order valence-electron chi connectivity index (χ0n) is 8.33. The summed E-state index contributed by atoms with van der Waals surface area (Å²) in [7, 11) is 0. The van der Waals surface area contributed by atoms with Crippen LogP contribution in [0.1, 0.15) is 24.2 Å². The molecule has 0 atom stereocenters. The van der Waals surface area contributed by atoms with Crippen LogP contribution in [-0.2, 0) is 12.8 Å². The average molecular weight is 263 g/mol. The topological polar surface area (TPSA) is 25.8 Å². The molecule has 0 saturated carbocycles. The van der Waals surface area contributed by atoms with Crippen molar-refractivity contribution in [2.75, 3.05) is 0 Å². The number of rotatable bonds is 0. The highest BCUT2D eigenvalue weighted by Gasteiger charge is 2.13. The first-order valence-corrected chi connectivity index (χ1v) is 6.08. The second-order valence-corrected chi connectivity index (χ2v) is 4.79. The van der Waals surface area contributed by atoms with Crippen molar-refractivity contribution < 1.29 is 0 Å². The van der Waals surface area contributed by atoms with Crippen molar-refractivity contribution in [3.8, 4) is 0 Å². The first-order chi connectivity index (χ1) is 7.34. The lowest BCUT2D eigenvalue weighted by Crippen LogP contribution is -2.08. The molecule has 1 aliphatic rings. The Morgan fingerprint density at radius 3 is 2.53 bits per heavy atom. The van der Waals surface area contributed by atoms with Gasteiger partial charge < -0.3 is 0 Å². The third-order valence-electron chi connectivity index (χ3n) is 2.88. The summed E-state index contributed by atoms with van der Waals surface area (Å²) in [4.78, 5) is 9.39. The molecule has 0 bridgehead atoms. The van der Waals surface area contributed by atoms with E-state index in [0.29, 0.717) is 0 Å². The molecule has 1 aromatic heterocycles. The second kappa shape index (κ2) is 3.56. The molecule has 2 aromatic rings. The highest BCUT2D eigenvalue weighted by Crippen LogP contribution is 2.25. The van der Waals surface area contributed by atoms with Crippen molar-refractivity contribution in [2.24, 2.45) is 0 Å². The van der Waals surface area contributed by atoms with Crippen LogP contribution < -0.4 is 0 Å². The fraction of sp³-hybridized carbons (Fsp3) is 0.333. The molecule has 1 aromatic carbocycles. The Hall–Kier alpha value is -0.960. The average Bonchev–Trinajstić information content (AvgIpc) is 2.27. The molecule has 1 heterocycles. The molecule has 0 spiro atoms. The standard InChI is InChI=1S/C12H11BrN2/c13-8-4-3-7-11-12(8)15-10-6-2-1-5-9(10)14-11/h3-4,7H,1-2,5-6H2. The maximum absolute atomic E-state index is 4.71. The summed E-state index contributed by atoms with van der Waals surface area (Å²) < 4.78 is 1.04. The van der Waals surface area contributed by atoms with Crippen LogP contribution in [0.25, 0.3) is 11.0 Å². The summed E-state index contributed by atoms with van der Waals surface area (Å²) in [6.07, 6.45) is 4.67. The Bertz CT molecular complexity index is 522. The van der Waals surface area contributed by atoms with Crippen molar-refractivity contribution >= 4 is 27.0 Å². The number of halogens is 1. The van der Waals surface area contributed by atoms with E-state index >= 15 is 0 Å². The summed E-state index contributed by atoms with van der Waals surface area (Å²) in [5.74, 6) is 0. The van der Waals surface area contributed by atoms with Crippen LogP contribution in [0, 0.1) is 0 Å². The van der Waals surface area contributed by atoms with Crippen molar-refractivity contribution in [3.05, 3.63) is 34.1 Å². The highest BCUT2D eigenvalue weighted by atomic mass is 79.9. The van der Waals surface area contributed by atoms with Crippen molar-refractivity contribution in [1.29, 1.82) is 0 Å². The van der Waals surface area contributed by atoms with Gasteiger partial charge in [0.05, 0.1) is 16.9 Å². The number of benzene rings is 1. The van der Waals surface area contributed by atoms with Gasteiger partial charge in [-0.1, -0.05) is 6.07 Å². The van der Waals surface area contributed by atoms with Crippen LogP contribution in [-0.4, -0.2) is 9.97 Å². The molecule has 0 radical (unpaired) electrons. The van der Waals surface area contributed by atoms with E-state index in [-0.39, 0.29) is 0 Å². The van der Waals surface area contributed by atoms with Gasteiger partial charge in [-0.3, -0.25) is 0 Å². The van der Waals surface area contributed by atoms with Crippen LogP contribution in [0.3, 0.4) is 0 Å². The van der Waals surface area contributed by atoms with E-state index in [1.54, 1.807) is 0 Å². The van der Waals surface area contributed by atoms with Crippen LogP contribution >= 0.6 is 15.9 Å². The Morgan fingerprint density at radius 1 is 1.00 bits per heavy atom. The number of aryl methyl sites for hydroxylation is 2. The Balaban J connectivity index is 2.31. The van der Waals surface area contributed by atoms with E-state index in [4.69, 9.17) is 4.98 Å². The van der Waals surface area contributed by atoms with Gasteiger partial charge in [0.1, 0.15) is 5.52 Å². The molecular weight excluding hydrogens is 252 g/mol. The summed E-state index contributed by atoms with van der Waals surface area (Å²) in [6.45, 7) is 0. The lowest BCUT2D eigenvalue weighted by atomic mass is 10.0. The van der Waals surface area contributed by atoms with E-state index in [9.17, 15) is 0 Å². The minimum Gasteiger partial charge on any atom is -0.249 e. The Kier molecular flexibility index (Phi) is 2.20. The fourth-order valence-corrected chi connectivity index (χ4v) is 2.54. The predicted molar refractivity (Wildman–Crippen MR) is 63.9 cm³/mol. The zero-order chi connectivity index (χ0) is 10.3. The highest BCUT2D eigenvalue weighted by molar-refractivity contribution is 9.10. The molecular formula is C12H11BrN2. The first-order valence-electron chi connectivity index (χ1n) is 5.28. The third-order valence-corrected chi connectivity index (χ3v) is 3.52. The van der Waals surface area contributed by atoms with Gasteiger partial charge in [0.2, 0.25) is 0 Å². The number of nitrogens with zero attached hydrogens (tertiary/aromatic N) is 2. The molecule has 0 amide bonds. The van der Waals surface area contributed by atoms with Crippen LogP contribution in [0.2, 0.25) is 0 Å². The van der Waals surface area contributed by atoms with Crippen LogP contribution in [0.4, 0.5) is 0 Å². The maximum Gasteiger partial charge on any atom is 0.103 e. The van der Waals surface area contributed by atoms with Gasteiger partial charge in [-0.25, -0.2) is 9.97 Å². The molecule has 2 nitrogen and oxygen atoms in total. The number of aromatic nitrogens is 2. The quantitative estimate of drug-likeness (QED) is 0.729.